The molecule has 0 amide bonds. The number of likely N-dealkylation sites (tertiary alicyclic amines) is 1. The van der Waals surface area contributed by atoms with Crippen molar-refractivity contribution in [2.75, 3.05) is 31.2 Å². The molecule has 14 heavy (non-hydrogen) atoms. The summed E-state index contributed by atoms with van der Waals surface area (Å²) in [4.78, 5) is 10.0. The first-order valence-electron chi connectivity index (χ1n) is 4.38. The average molecular weight is 214 g/mol. The molecule has 1 saturated heterocycles. The van der Waals surface area contributed by atoms with E-state index in [9.17, 15) is 0 Å². The van der Waals surface area contributed by atoms with E-state index in [-0.39, 0.29) is 5.95 Å². The number of halogens is 1. The lowest BCUT2D eigenvalue weighted by Crippen LogP contribution is -2.52. The summed E-state index contributed by atoms with van der Waals surface area (Å²) < 4.78 is 0. The van der Waals surface area contributed by atoms with E-state index in [1.54, 1.807) is 0 Å². The number of nitrogen functional groups attached to an aromatic ring is 1. The third-order valence-corrected chi connectivity index (χ3v) is 2.44. The maximum absolute atomic E-state index is 5.90. The Labute approximate surface area is 87.3 Å². The molecule has 6 heteroatoms. The highest BCUT2D eigenvalue weighted by molar-refractivity contribution is 6.32. The summed E-state index contributed by atoms with van der Waals surface area (Å²) in [6.07, 6.45) is 1.51. The highest BCUT2D eigenvalue weighted by Gasteiger charge is 2.23. The summed E-state index contributed by atoms with van der Waals surface area (Å²) in [7, 11) is 2.06. The lowest BCUT2D eigenvalue weighted by molar-refractivity contribution is 0.205. The predicted molar refractivity (Wildman–Crippen MR) is 56.4 cm³/mol. The fraction of sp³-hybridized carbons (Fsp3) is 0.500. The van der Waals surface area contributed by atoms with Crippen molar-refractivity contribution in [2.24, 2.45) is 0 Å². The van der Waals surface area contributed by atoms with E-state index < -0.39 is 0 Å². The molecule has 0 aromatic carbocycles. The number of nitrogens with one attached hydrogen (secondary N) is 1. The number of hydrogen-bond acceptors (Lipinski definition) is 5. The van der Waals surface area contributed by atoms with Crippen molar-refractivity contribution in [1.29, 1.82) is 0 Å². The Hall–Kier alpha value is -1.07. The number of nitrogens with two attached hydrogens (primary N) is 1. The van der Waals surface area contributed by atoms with Gasteiger partial charge in [-0.1, -0.05) is 11.6 Å². The molecule has 2 heterocycles. The standard InChI is InChI=1S/C8H12ClN5/c1-14-3-5(4-14)12-7-6(9)2-11-8(10)13-7/h2,5H,3-4H2,1H3,(H3,10,11,12,13). The fourth-order valence-corrected chi connectivity index (χ4v) is 1.61. The van der Waals surface area contributed by atoms with Gasteiger partial charge in [0.15, 0.2) is 5.82 Å². The zero-order valence-electron chi connectivity index (χ0n) is 7.87. The van der Waals surface area contributed by atoms with Gasteiger partial charge in [0, 0.05) is 13.1 Å². The number of hydrogen-bond donors (Lipinski definition) is 2. The molecular weight excluding hydrogens is 202 g/mol. The van der Waals surface area contributed by atoms with Crippen LogP contribution in [0.15, 0.2) is 6.20 Å². The molecule has 1 aromatic heterocycles. The van der Waals surface area contributed by atoms with Crippen molar-refractivity contribution in [2.45, 2.75) is 6.04 Å². The number of likely N-dealkylation sites (N-methyl/N-ethyl adjacent to an activating group) is 1. The Morgan fingerprint density at radius 1 is 1.64 bits per heavy atom. The van der Waals surface area contributed by atoms with Gasteiger partial charge < -0.3 is 16.0 Å². The topological polar surface area (TPSA) is 67.1 Å². The van der Waals surface area contributed by atoms with Gasteiger partial charge in [-0.2, -0.15) is 4.98 Å². The molecule has 0 unspecified atom stereocenters. The van der Waals surface area contributed by atoms with Crippen LogP contribution in [0.1, 0.15) is 0 Å². The third-order valence-electron chi connectivity index (χ3n) is 2.17. The van der Waals surface area contributed by atoms with Gasteiger partial charge in [0.05, 0.1) is 12.2 Å². The lowest BCUT2D eigenvalue weighted by atomic mass is 10.1. The molecular formula is C8H12ClN5. The van der Waals surface area contributed by atoms with Crippen LogP contribution >= 0.6 is 11.6 Å². The van der Waals surface area contributed by atoms with Gasteiger partial charge in [0.1, 0.15) is 5.02 Å². The Morgan fingerprint density at radius 2 is 2.36 bits per heavy atom. The van der Waals surface area contributed by atoms with Crippen molar-refractivity contribution >= 4 is 23.4 Å². The van der Waals surface area contributed by atoms with E-state index in [2.05, 4.69) is 27.2 Å². The molecule has 1 aliphatic heterocycles. The third kappa shape index (κ3) is 1.88. The van der Waals surface area contributed by atoms with Gasteiger partial charge in [-0.25, -0.2) is 4.98 Å². The first kappa shape index (κ1) is 9.48. The molecule has 0 spiro atoms. The van der Waals surface area contributed by atoms with E-state index in [1.165, 1.54) is 6.20 Å². The largest absolute Gasteiger partial charge is 0.368 e. The molecule has 2 rings (SSSR count). The number of anilines is 2. The molecule has 1 aromatic rings. The van der Waals surface area contributed by atoms with E-state index >= 15 is 0 Å². The summed E-state index contributed by atoms with van der Waals surface area (Å²) >= 11 is 5.90. The molecule has 0 aliphatic carbocycles. The van der Waals surface area contributed by atoms with Gasteiger partial charge >= 0.3 is 0 Å². The van der Waals surface area contributed by atoms with Crippen molar-refractivity contribution in [3.63, 3.8) is 0 Å². The zero-order chi connectivity index (χ0) is 10.1. The second-order valence-corrected chi connectivity index (χ2v) is 3.89. The summed E-state index contributed by atoms with van der Waals surface area (Å²) in [5, 5.41) is 3.72. The quantitative estimate of drug-likeness (QED) is 0.746. The number of rotatable bonds is 2. The van der Waals surface area contributed by atoms with Crippen LogP contribution < -0.4 is 11.1 Å². The van der Waals surface area contributed by atoms with Gasteiger partial charge in [0.2, 0.25) is 5.95 Å². The number of aromatic nitrogens is 2. The Bertz CT molecular complexity index is 337. The Balaban J connectivity index is 2.05. The first-order valence-corrected chi connectivity index (χ1v) is 4.76. The highest BCUT2D eigenvalue weighted by atomic mass is 35.5. The summed E-state index contributed by atoms with van der Waals surface area (Å²) in [5.41, 5.74) is 5.46. The molecule has 0 atom stereocenters. The second-order valence-electron chi connectivity index (χ2n) is 3.49. The second kappa shape index (κ2) is 3.59. The van der Waals surface area contributed by atoms with Crippen LogP contribution in [0.25, 0.3) is 0 Å². The van der Waals surface area contributed by atoms with Crippen LogP contribution in [0.4, 0.5) is 11.8 Å². The molecule has 0 saturated carbocycles. The van der Waals surface area contributed by atoms with Gasteiger partial charge in [-0.05, 0) is 7.05 Å². The van der Waals surface area contributed by atoms with Crippen LogP contribution in [-0.2, 0) is 0 Å². The van der Waals surface area contributed by atoms with Crippen LogP contribution in [0, 0.1) is 0 Å². The average Bonchev–Trinajstić information content (AvgIpc) is 2.09. The van der Waals surface area contributed by atoms with Crippen molar-refractivity contribution in [1.82, 2.24) is 14.9 Å². The molecule has 1 fully saturated rings. The van der Waals surface area contributed by atoms with Crippen LogP contribution in [0.2, 0.25) is 5.02 Å². The normalized spacial score (nSPS) is 17.9. The monoisotopic (exact) mass is 213 g/mol. The summed E-state index contributed by atoms with van der Waals surface area (Å²) in [6.45, 7) is 2.00. The first-order chi connectivity index (χ1) is 6.65. The minimum atomic E-state index is 0.240. The molecule has 76 valence electrons. The van der Waals surface area contributed by atoms with Crippen LogP contribution in [-0.4, -0.2) is 41.0 Å². The van der Waals surface area contributed by atoms with Crippen LogP contribution in [0.5, 0.6) is 0 Å². The Kier molecular flexibility index (Phi) is 2.43. The molecule has 3 N–H and O–H groups in total. The van der Waals surface area contributed by atoms with Crippen molar-refractivity contribution in [3.05, 3.63) is 11.2 Å². The minimum absolute atomic E-state index is 0.240. The highest BCUT2D eigenvalue weighted by Crippen LogP contribution is 2.21. The maximum atomic E-state index is 5.90. The SMILES string of the molecule is CN1CC(Nc2nc(N)ncc2Cl)C1. The molecule has 0 radical (unpaired) electrons. The zero-order valence-corrected chi connectivity index (χ0v) is 8.62. The van der Waals surface area contributed by atoms with E-state index in [0.29, 0.717) is 16.9 Å². The van der Waals surface area contributed by atoms with E-state index in [4.69, 9.17) is 17.3 Å². The number of nitrogens with zero attached hydrogens (tertiary/aromatic N) is 3. The summed E-state index contributed by atoms with van der Waals surface area (Å²) in [6, 6.07) is 0.409. The molecule has 0 bridgehead atoms. The maximum Gasteiger partial charge on any atom is 0.222 e. The van der Waals surface area contributed by atoms with Gasteiger partial charge in [0.25, 0.3) is 0 Å². The minimum Gasteiger partial charge on any atom is -0.368 e. The summed E-state index contributed by atoms with van der Waals surface area (Å²) in [5.74, 6) is 0.863. The van der Waals surface area contributed by atoms with Gasteiger partial charge in [-0.15, -0.1) is 0 Å². The molecule has 1 aliphatic rings. The fourth-order valence-electron chi connectivity index (χ4n) is 1.47. The van der Waals surface area contributed by atoms with Gasteiger partial charge in [-0.3, -0.25) is 0 Å². The predicted octanol–water partition coefficient (Wildman–Crippen LogP) is 0.438. The van der Waals surface area contributed by atoms with Crippen molar-refractivity contribution in [3.8, 4) is 0 Å². The smallest absolute Gasteiger partial charge is 0.222 e. The van der Waals surface area contributed by atoms with Crippen LogP contribution in [0.3, 0.4) is 0 Å². The van der Waals surface area contributed by atoms with Crippen molar-refractivity contribution < 1.29 is 0 Å². The lowest BCUT2D eigenvalue weighted by Gasteiger charge is -2.36. The van der Waals surface area contributed by atoms with E-state index in [0.717, 1.165) is 13.1 Å². The molecule has 5 nitrogen and oxygen atoms in total. The van der Waals surface area contributed by atoms with E-state index in [1.807, 2.05) is 0 Å². The Morgan fingerprint density at radius 3 is 3.00 bits per heavy atom.